The molecule has 182 valence electrons. The number of nitrogens with zero attached hydrogens (tertiary/aromatic N) is 2. The van der Waals surface area contributed by atoms with Gasteiger partial charge < -0.3 is 20.1 Å². The second-order valence-corrected chi connectivity index (χ2v) is 9.95. The van der Waals surface area contributed by atoms with Crippen LogP contribution in [-0.4, -0.2) is 88.6 Å². The van der Waals surface area contributed by atoms with Crippen molar-refractivity contribution in [2.75, 3.05) is 69.8 Å². The van der Waals surface area contributed by atoms with Crippen LogP contribution in [0.4, 0.5) is 11.4 Å². The maximum absolute atomic E-state index is 12.7. The number of sulfonamides is 1. The maximum Gasteiger partial charge on any atom is 0.255 e. The highest BCUT2D eigenvalue weighted by atomic mass is 32.2. The fraction of sp³-hybridized carbons (Fsp3) is 0.391. The molecular weight excluding hydrogens is 460 g/mol. The lowest BCUT2D eigenvalue weighted by atomic mass is 10.2. The normalized spacial score (nSPS) is 17.8. The van der Waals surface area contributed by atoms with Crippen molar-refractivity contribution in [2.45, 2.75) is 4.90 Å². The van der Waals surface area contributed by atoms with Crippen molar-refractivity contribution in [3.63, 3.8) is 0 Å². The van der Waals surface area contributed by atoms with E-state index < -0.39 is 10.0 Å². The van der Waals surface area contributed by atoms with Crippen LogP contribution in [0.25, 0.3) is 0 Å². The molecule has 0 aliphatic carbocycles. The van der Waals surface area contributed by atoms with Crippen molar-refractivity contribution in [3.8, 4) is 0 Å². The molecule has 2 fully saturated rings. The molecule has 11 heteroatoms. The summed E-state index contributed by atoms with van der Waals surface area (Å²) in [6.07, 6.45) is 0. The molecule has 0 saturated carbocycles. The fourth-order valence-corrected chi connectivity index (χ4v) is 5.13. The SMILES string of the molecule is O=C(CN1CCOCC1)Nc1ccc(NC(=O)c2ccc(S(=O)(=O)N3CCOCC3)cc2)cc1. The van der Waals surface area contributed by atoms with Crippen molar-refractivity contribution in [3.05, 3.63) is 54.1 Å². The summed E-state index contributed by atoms with van der Waals surface area (Å²) in [7, 11) is -3.61. The molecule has 0 bridgehead atoms. The van der Waals surface area contributed by atoms with Crippen LogP contribution in [0.1, 0.15) is 10.4 Å². The van der Waals surface area contributed by atoms with Gasteiger partial charge in [0.15, 0.2) is 0 Å². The molecule has 2 heterocycles. The Morgan fingerprint density at radius 1 is 0.765 bits per heavy atom. The van der Waals surface area contributed by atoms with Gasteiger partial charge in [0.2, 0.25) is 15.9 Å². The molecule has 10 nitrogen and oxygen atoms in total. The van der Waals surface area contributed by atoms with E-state index in [1.165, 1.54) is 28.6 Å². The number of amides is 2. The van der Waals surface area contributed by atoms with Crippen LogP contribution >= 0.6 is 0 Å². The Labute approximate surface area is 198 Å². The molecule has 2 aliphatic heterocycles. The molecule has 0 spiro atoms. The molecule has 34 heavy (non-hydrogen) atoms. The van der Waals surface area contributed by atoms with Gasteiger partial charge in [0, 0.05) is 43.1 Å². The third-order valence-electron chi connectivity index (χ3n) is 5.62. The predicted molar refractivity (Wildman–Crippen MR) is 126 cm³/mol. The predicted octanol–water partition coefficient (Wildman–Crippen LogP) is 1.23. The van der Waals surface area contributed by atoms with Crippen LogP contribution in [0.15, 0.2) is 53.4 Å². The summed E-state index contributed by atoms with van der Waals surface area (Å²) in [5.41, 5.74) is 1.53. The minimum atomic E-state index is -3.61. The van der Waals surface area contributed by atoms with Crippen molar-refractivity contribution in [2.24, 2.45) is 0 Å². The van der Waals surface area contributed by atoms with Gasteiger partial charge in [-0.15, -0.1) is 0 Å². The van der Waals surface area contributed by atoms with Crippen LogP contribution < -0.4 is 10.6 Å². The minimum absolute atomic E-state index is 0.106. The summed E-state index contributed by atoms with van der Waals surface area (Å²) in [4.78, 5) is 27.0. The fourth-order valence-electron chi connectivity index (χ4n) is 3.72. The third-order valence-corrected chi connectivity index (χ3v) is 7.53. The summed E-state index contributed by atoms with van der Waals surface area (Å²) in [5.74, 6) is -0.467. The van der Waals surface area contributed by atoms with Crippen molar-refractivity contribution in [1.29, 1.82) is 0 Å². The van der Waals surface area contributed by atoms with Crippen LogP contribution in [0.2, 0.25) is 0 Å². The Morgan fingerprint density at radius 2 is 1.29 bits per heavy atom. The lowest BCUT2D eigenvalue weighted by molar-refractivity contribution is -0.118. The van der Waals surface area contributed by atoms with Crippen molar-refractivity contribution in [1.82, 2.24) is 9.21 Å². The second kappa shape index (κ2) is 11.1. The lowest BCUT2D eigenvalue weighted by Gasteiger charge is -2.26. The molecule has 2 N–H and O–H groups in total. The molecule has 0 unspecified atom stereocenters. The summed E-state index contributed by atoms with van der Waals surface area (Å²) < 4.78 is 37.3. The molecule has 2 aromatic carbocycles. The second-order valence-electron chi connectivity index (χ2n) is 8.01. The number of anilines is 2. The number of nitrogens with one attached hydrogen (secondary N) is 2. The zero-order valence-electron chi connectivity index (χ0n) is 18.7. The summed E-state index contributed by atoms with van der Waals surface area (Å²) in [6.45, 7) is 4.41. The van der Waals surface area contributed by atoms with Gasteiger partial charge in [-0.3, -0.25) is 14.5 Å². The molecule has 2 saturated heterocycles. The van der Waals surface area contributed by atoms with Gasteiger partial charge in [-0.2, -0.15) is 4.31 Å². The number of hydrogen-bond donors (Lipinski definition) is 2. The molecule has 2 aliphatic rings. The van der Waals surface area contributed by atoms with Crippen LogP contribution in [0, 0.1) is 0 Å². The summed E-state index contributed by atoms with van der Waals surface area (Å²) in [5, 5.41) is 5.62. The van der Waals surface area contributed by atoms with Gasteiger partial charge in [-0.1, -0.05) is 0 Å². The van der Waals surface area contributed by atoms with E-state index in [0.29, 0.717) is 63.0 Å². The summed E-state index contributed by atoms with van der Waals surface area (Å²) >= 11 is 0. The quantitative estimate of drug-likeness (QED) is 0.602. The minimum Gasteiger partial charge on any atom is -0.379 e. The number of morpholine rings is 2. The van der Waals surface area contributed by atoms with Crippen LogP contribution in [0.3, 0.4) is 0 Å². The first-order valence-corrected chi connectivity index (χ1v) is 12.6. The first-order valence-electron chi connectivity index (χ1n) is 11.1. The van der Waals surface area contributed by atoms with Crippen LogP contribution in [-0.2, 0) is 24.3 Å². The third kappa shape index (κ3) is 6.19. The van der Waals surface area contributed by atoms with Gasteiger partial charge in [0.25, 0.3) is 5.91 Å². The number of carbonyl (C=O) groups is 2. The Balaban J connectivity index is 1.31. The van der Waals surface area contributed by atoms with Gasteiger partial charge in [0.1, 0.15) is 0 Å². The van der Waals surface area contributed by atoms with E-state index in [1.807, 2.05) is 4.90 Å². The zero-order chi connectivity index (χ0) is 24.0. The molecular formula is C23H28N4O6S. The maximum atomic E-state index is 12.7. The number of ether oxygens (including phenoxy) is 2. The van der Waals surface area contributed by atoms with Crippen molar-refractivity contribution >= 4 is 33.2 Å². The average Bonchev–Trinajstić information content (AvgIpc) is 2.86. The lowest BCUT2D eigenvalue weighted by Crippen LogP contribution is -2.41. The Bertz CT molecular complexity index is 1090. The smallest absolute Gasteiger partial charge is 0.255 e. The van der Waals surface area contributed by atoms with E-state index >= 15 is 0 Å². The zero-order valence-corrected chi connectivity index (χ0v) is 19.6. The first kappa shape index (κ1) is 24.3. The monoisotopic (exact) mass is 488 g/mol. The summed E-state index contributed by atoms with van der Waals surface area (Å²) in [6, 6.07) is 12.7. The van der Waals surface area contributed by atoms with E-state index in [4.69, 9.17) is 9.47 Å². The molecule has 2 aromatic rings. The van der Waals surface area contributed by atoms with E-state index in [1.54, 1.807) is 24.3 Å². The van der Waals surface area contributed by atoms with E-state index in [9.17, 15) is 18.0 Å². The molecule has 0 radical (unpaired) electrons. The van der Waals surface area contributed by atoms with Gasteiger partial charge in [0.05, 0.1) is 37.9 Å². The molecule has 0 atom stereocenters. The number of rotatable bonds is 7. The Kier molecular flexibility index (Phi) is 7.91. The largest absolute Gasteiger partial charge is 0.379 e. The Hall–Kier alpha value is -2.83. The highest BCUT2D eigenvalue weighted by molar-refractivity contribution is 7.89. The topological polar surface area (TPSA) is 117 Å². The number of hydrogen-bond acceptors (Lipinski definition) is 7. The molecule has 2 amide bonds. The highest BCUT2D eigenvalue weighted by Gasteiger charge is 2.26. The molecule has 4 rings (SSSR count). The highest BCUT2D eigenvalue weighted by Crippen LogP contribution is 2.19. The van der Waals surface area contributed by atoms with Crippen LogP contribution in [0.5, 0.6) is 0 Å². The average molecular weight is 489 g/mol. The molecule has 0 aromatic heterocycles. The Morgan fingerprint density at radius 3 is 1.88 bits per heavy atom. The van der Waals surface area contributed by atoms with Gasteiger partial charge in [-0.25, -0.2) is 8.42 Å². The van der Waals surface area contributed by atoms with E-state index in [2.05, 4.69) is 10.6 Å². The van der Waals surface area contributed by atoms with E-state index in [0.717, 1.165) is 13.1 Å². The van der Waals surface area contributed by atoms with Crippen molar-refractivity contribution < 1.29 is 27.5 Å². The van der Waals surface area contributed by atoms with E-state index in [-0.39, 0.29) is 16.7 Å². The number of benzene rings is 2. The van der Waals surface area contributed by atoms with Gasteiger partial charge >= 0.3 is 0 Å². The van der Waals surface area contributed by atoms with Gasteiger partial charge in [-0.05, 0) is 48.5 Å². The standard InChI is InChI=1S/C23H28N4O6S/c28-22(17-26-9-13-32-14-10-26)24-19-3-5-20(6-4-19)25-23(29)18-1-7-21(8-2-18)34(30,31)27-11-15-33-16-12-27/h1-8H,9-17H2,(H,24,28)(H,25,29). The number of carbonyl (C=O) groups excluding carboxylic acids is 2. The first-order chi connectivity index (χ1) is 16.4.